The Labute approximate surface area is 129 Å². The summed E-state index contributed by atoms with van der Waals surface area (Å²) in [6.45, 7) is 7.74. The summed E-state index contributed by atoms with van der Waals surface area (Å²) in [5, 5.41) is 3.66. The molecule has 1 N–H and O–H groups in total. The van der Waals surface area contributed by atoms with E-state index in [0.717, 1.165) is 18.0 Å². The van der Waals surface area contributed by atoms with E-state index in [9.17, 15) is 0 Å². The molecule has 118 valence electrons. The van der Waals surface area contributed by atoms with E-state index in [0.29, 0.717) is 11.8 Å². The number of benzene rings is 1. The van der Waals surface area contributed by atoms with Crippen LogP contribution < -0.4 is 14.8 Å². The van der Waals surface area contributed by atoms with Crippen LogP contribution in [0.15, 0.2) is 18.2 Å². The van der Waals surface area contributed by atoms with E-state index in [1.54, 1.807) is 14.2 Å². The molecule has 2 unspecified atom stereocenters. The van der Waals surface area contributed by atoms with Crippen LogP contribution in [0.5, 0.6) is 11.5 Å². The van der Waals surface area contributed by atoms with E-state index in [2.05, 4.69) is 32.2 Å². The molecule has 1 saturated carbocycles. The van der Waals surface area contributed by atoms with Gasteiger partial charge in [-0.3, -0.25) is 0 Å². The van der Waals surface area contributed by atoms with E-state index in [1.165, 1.54) is 24.8 Å². The fourth-order valence-corrected chi connectivity index (χ4v) is 3.26. The fourth-order valence-electron chi connectivity index (χ4n) is 3.26. The van der Waals surface area contributed by atoms with Gasteiger partial charge in [0.2, 0.25) is 0 Å². The summed E-state index contributed by atoms with van der Waals surface area (Å²) in [6.07, 6.45) is 3.82. The first kappa shape index (κ1) is 16.2. The Morgan fingerprint density at radius 3 is 2.52 bits per heavy atom. The minimum absolute atomic E-state index is 0.172. The van der Waals surface area contributed by atoms with Gasteiger partial charge in [-0.1, -0.05) is 6.42 Å². The summed E-state index contributed by atoms with van der Waals surface area (Å²) >= 11 is 0. The van der Waals surface area contributed by atoms with Crippen LogP contribution in [0.2, 0.25) is 0 Å². The molecule has 0 aromatic heterocycles. The lowest BCUT2D eigenvalue weighted by atomic mass is 9.87. The van der Waals surface area contributed by atoms with E-state index < -0.39 is 0 Å². The summed E-state index contributed by atoms with van der Waals surface area (Å²) in [6, 6.07) is 6.15. The highest BCUT2D eigenvalue weighted by atomic mass is 16.5. The average Bonchev–Trinajstić information content (AvgIpc) is 2.92. The van der Waals surface area contributed by atoms with Gasteiger partial charge in [-0.25, -0.2) is 0 Å². The van der Waals surface area contributed by atoms with E-state index in [1.807, 2.05) is 12.1 Å². The minimum Gasteiger partial charge on any atom is -0.497 e. The standard InChI is InChI=1S/C18H29NO2/c1-18(2,3)19-12-13-7-6-8-15(13)16-11-14(20-4)9-10-17(16)21-5/h9-11,13,15,19H,6-8,12H2,1-5H3. The molecule has 1 aromatic carbocycles. The Bertz CT molecular complexity index is 465. The van der Waals surface area contributed by atoms with Crippen molar-refractivity contribution in [1.82, 2.24) is 5.32 Å². The predicted octanol–water partition coefficient (Wildman–Crippen LogP) is 3.98. The van der Waals surface area contributed by atoms with Gasteiger partial charge in [0.15, 0.2) is 0 Å². The van der Waals surface area contributed by atoms with Crippen molar-refractivity contribution in [1.29, 1.82) is 0 Å². The zero-order valence-electron chi connectivity index (χ0n) is 14.0. The Balaban J connectivity index is 2.18. The normalized spacial score (nSPS) is 22.3. The third kappa shape index (κ3) is 4.13. The van der Waals surface area contributed by atoms with Crippen molar-refractivity contribution in [2.24, 2.45) is 5.92 Å². The number of ether oxygens (including phenoxy) is 2. The van der Waals surface area contributed by atoms with Gasteiger partial charge in [0.25, 0.3) is 0 Å². The van der Waals surface area contributed by atoms with E-state index >= 15 is 0 Å². The number of hydrogen-bond donors (Lipinski definition) is 1. The zero-order valence-corrected chi connectivity index (χ0v) is 14.0. The number of nitrogens with one attached hydrogen (secondary N) is 1. The number of rotatable bonds is 5. The number of hydrogen-bond acceptors (Lipinski definition) is 3. The van der Waals surface area contributed by atoms with Gasteiger partial charge in [-0.05, 0) is 70.2 Å². The van der Waals surface area contributed by atoms with Gasteiger partial charge < -0.3 is 14.8 Å². The Kier molecular flexibility index (Phi) is 5.15. The lowest BCUT2D eigenvalue weighted by Gasteiger charge is -2.27. The first-order valence-corrected chi connectivity index (χ1v) is 7.91. The van der Waals surface area contributed by atoms with Gasteiger partial charge >= 0.3 is 0 Å². The van der Waals surface area contributed by atoms with Crippen LogP contribution in [0, 0.1) is 5.92 Å². The smallest absolute Gasteiger partial charge is 0.122 e. The maximum atomic E-state index is 5.58. The van der Waals surface area contributed by atoms with Gasteiger partial charge in [-0.15, -0.1) is 0 Å². The third-order valence-electron chi connectivity index (χ3n) is 4.39. The molecule has 1 aliphatic carbocycles. The average molecular weight is 291 g/mol. The highest BCUT2D eigenvalue weighted by Crippen LogP contribution is 2.44. The van der Waals surface area contributed by atoms with Crippen LogP contribution >= 0.6 is 0 Å². The molecule has 0 heterocycles. The fraction of sp³-hybridized carbons (Fsp3) is 0.667. The van der Waals surface area contributed by atoms with Crippen LogP contribution in [0.4, 0.5) is 0 Å². The van der Waals surface area contributed by atoms with Crippen LogP contribution in [0.1, 0.15) is 51.5 Å². The third-order valence-corrected chi connectivity index (χ3v) is 4.39. The molecule has 1 aromatic rings. The van der Waals surface area contributed by atoms with Crippen molar-refractivity contribution in [3.8, 4) is 11.5 Å². The summed E-state index contributed by atoms with van der Waals surface area (Å²) in [7, 11) is 3.47. The van der Waals surface area contributed by atoms with Gasteiger partial charge in [0.05, 0.1) is 14.2 Å². The van der Waals surface area contributed by atoms with Crippen molar-refractivity contribution in [3.63, 3.8) is 0 Å². The maximum absolute atomic E-state index is 5.58. The Hall–Kier alpha value is -1.22. The molecule has 0 bridgehead atoms. The van der Waals surface area contributed by atoms with E-state index in [4.69, 9.17) is 9.47 Å². The van der Waals surface area contributed by atoms with Gasteiger partial charge in [0.1, 0.15) is 11.5 Å². The molecule has 21 heavy (non-hydrogen) atoms. The molecule has 3 nitrogen and oxygen atoms in total. The second kappa shape index (κ2) is 6.69. The summed E-state index contributed by atoms with van der Waals surface area (Å²) in [5.74, 6) is 3.14. The van der Waals surface area contributed by atoms with Crippen molar-refractivity contribution in [2.45, 2.75) is 51.5 Å². The topological polar surface area (TPSA) is 30.5 Å². The molecule has 0 amide bonds. The molecule has 2 atom stereocenters. The SMILES string of the molecule is COc1ccc(OC)c(C2CCCC2CNC(C)(C)C)c1. The molecular weight excluding hydrogens is 262 g/mol. The quantitative estimate of drug-likeness (QED) is 0.890. The minimum atomic E-state index is 0.172. The first-order valence-electron chi connectivity index (χ1n) is 7.91. The van der Waals surface area contributed by atoms with Crippen LogP contribution in [0.25, 0.3) is 0 Å². The predicted molar refractivity (Wildman–Crippen MR) is 87.4 cm³/mol. The number of methoxy groups -OCH3 is 2. The molecule has 0 saturated heterocycles. The molecular formula is C18H29NO2. The lowest BCUT2D eigenvalue weighted by Crippen LogP contribution is -2.39. The molecule has 1 fully saturated rings. The second-order valence-corrected chi connectivity index (χ2v) is 7.04. The van der Waals surface area contributed by atoms with Crippen molar-refractivity contribution in [3.05, 3.63) is 23.8 Å². The molecule has 0 radical (unpaired) electrons. The largest absolute Gasteiger partial charge is 0.497 e. The highest BCUT2D eigenvalue weighted by molar-refractivity contribution is 5.43. The lowest BCUT2D eigenvalue weighted by molar-refractivity contribution is 0.347. The van der Waals surface area contributed by atoms with Crippen LogP contribution in [0.3, 0.4) is 0 Å². The molecule has 3 heteroatoms. The first-order chi connectivity index (χ1) is 9.94. The van der Waals surface area contributed by atoms with Crippen LogP contribution in [-0.4, -0.2) is 26.3 Å². The maximum Gasteiger partial charge on any atom is 0.122 e. The zero-order chi connectivity index (χ0) is 15.5. The summed E-state index contributed by atoms with van der Waals surface area (Å²) < 4.78 is 11.0. The monoisotopic (exact) mass is 291 g/mol. The molecule has 0 aliphatic heterocycles. The second-order valence-electron chi connectivity index (χ2n) is 7.04. The van der Waals surface area contributed by atoms with Gasteiger partial charge in [-0.2, -0.15) is 0 Å². The Morgan fingerprint density at radius 2 is 1.90 bits per heavy atom. The molecule has 1 aliphatic rings. The van der Waals surface area contributed by atoms with Gasteiger partial charge in [0, 0.05) is 11.1 Å². The van der Waals surface area contributed by atoms with Crippen molar-refractivity contribution in [2.75, 3.05) is 20.8 Å². The van der Waals surface area contributed by atoms with Crippen molar-refractivity contribution < 1.29 is 9.47 Å². The summed E-state index contributed by atoms with van der Waals surface area (Å²) in [5.41, 5.74) is 1.47. The van der Waals surface area contributed by atoms with Crippen LogP contribution in [-0.2, 0) is 0 Å². The Morgan fingerprint density at radius 1 is 1.14 bits per heavy atom. The molecule has 2 rings (SSSR count). The highest BCUT2D eigenvalue weighted by Gasteiger charge is 2.31. The summed E-state index contributed by atoms with van der Waals surface area (Å²) in [4.78, 5) is 0. The molecule has 0 spiro atoms. The van der Waals surface area contributed by atoms with E-state index in [-0.39, 0.29) is 5.54 Å². The van der Waals surface area contributed by atoms with Crippen molar-refractivity contribution >= 4 is 0 Å².